The van der Waals surface area contributed by atoms with Crippen LogP contribution in [0.2, 0.25) is 0 Å². The number of aromatic nitrogens is 3. The van der Waals surface area contributed by atoms with Gasteiger partial charge in [-0.2, -0.15) is 4.98 Å². The maximum absolute atomic E-state index is 5.82. The average Bonchev–Trinajstić information content (AvgIpc) is 3.30. The topological polar surface area (TPSA) is 68.2 Å². The lowest BCUT2D eigenvalue weighted by atomic mass is 10.2. The van der Waals surface area contributed by atoms with Gasteiger partial charge in [0.25, 0.3) is 0 Å². The van der Waals surface area contributed by atoms with Gasteiger partial charge in [0, 0.05) is 6.20 Å². The minimum absolute atomic E-state index is 0.140. The molecule has 6 heteroatoms. The van der Waals surface area contributed by atoms with Crippen LogP contribution in [0.25, 0.3) is 11.5 Å². The number of pyridine rings is 1. The van der Waals surface area contributed by atoms with Gasteiger partial charge in [0.1, 0.15) is 17.2 Å². The molecule has 0 aliphatic carbocycles. The molecule has 1 saturated heterocycles. The molecule has 4 heterocycles. The first-order valence-electron chi connectivity index (χ1n) is 8.25. The van der Waals surface area contributed by atoms with E-state index in [1.165, 1.54) is 5.56 Å². The summed E-state index contributed by atoms with van der Waals surface area (Å²) in [4.78, 5) is 11.2. The van der Waals surface area contributed by atoms with E-state index in [2.05, 4.69) is 33.0 Å². The first kappa shape index (κ1) is 15.1. The highest BCUT2D eigenvalue weighted by molar-refractivity contribution is 5.47. The molecule has 0 saturated carbocycles. The first-order valence-corrected chi connectivity index (χ1v) is 8.25. The fourth-order valence-electron chi connectivity index (χ4n) is 3.19. The predicted octanol–water partition coefficient (Wildman–Crippen LogP) is 3.68. The minimum Gasteiger partial charge on any atom is -0.465 e. The largest absolute Gasteiger partial charge is 0.465 e. The van der Waals surface area contributed by atoms with Gasteiger partial charge in [0.05, 0.1) is 12.6 Å². The maximum atomic E-state index is 5.82. The Morgan fingerprint density at radius 3 is 2.96 bits per heavy atom. The fraction of sp³-hybridized carbons (Fsp3) is 0.389. The summed E-state index contributed by atoms with van der Waals surface area (Å²) >= 11 is 0. The van der Waals surface area contributed by atoms with Crippen LogP contribution in [0.1, 0.15) is 41.9 Å². The number of furan rings is 1. The Hall–Kier alpha value is -2.47. The maximum Gasteiger partial charge on any atom is 0.244 e. The number of hydrogen-bond acceptors (Lipinski definition) is 6. The molecular formula is C18H20N4O2. The van der Waals surface area contributed by atoms with Crippen molar-refractivity contribution in [1.82, 2.24) is 20.0 Å². The van der Waals surface area contributed by atoms with Crippen LogP contribution in [-0.4, -0.2) is 26.6 Å². The summed E-state index contributed by atoms with van der Waals surface area (Å²) in [7, 11) is 0. The van der Waals surface area contributed by atoms with Gasteiger partial charge in [-0.1, -0.05) is 11.2 Å². The van der Waals surface area contributed by atoms with E-state index in [9.17, 15) is 0 Å². The Labute approximate surface area is 140 Å². The molecule has 1 fully saturated rings. The third-order valence-corrected chi connectivity index (χ3v) is 4.56. The summed E-state index contributed by atoms with van der Waals surface area (Å²) in [5, 5.41) is 4.09. The normalized spacial score (nSPS) is 18.3. The SMILES string of the molecule is Cc1cc(CN2CCC[C@H]2c2nc(-c3ccccn3)no2)oc1C. The molecular weight excluding hydrogens is 304 g/mol. The lowest BCUT2D eigenvalue weighted by Crippen LogP contribution is -2.22. The molecule has 1 aliphatic rings. The monoisotopic (exact) mass is 324 g/mol. The number of aryl methyl sites for hydroxylation is 2. The van der Waals surface area contributed by atoms with Crippen molar-refractivity contribution in [3.63, 3.8) is 0 Å². The third-order valence-electron chi connectivity index (χ3n) is 4.56. The van der Waals surface area contributed by atoms with Crippen LogP contribution in [0.4, 0.5) is 0 Å². The highest BCUT2D eigenvalue weighted by Gasteiger charge is 2.31. The van der Waals surface area contributed by atoms with E-state index in [0.717, 1.165) is 43.1 Å². The molecule has 0 bridgehead atoms. The average molecular weight is 324 g/mol. The number of likely N-dealkylation sites (tertiary alicyclic amines) is 1. The van der Waals surface area contributed by atoms with Crippen molar-refractivity contribution in [3.8, 4) is 11.5 Å². The number of hydrogen-bond donors (Lipinski definition) is 0. The first-order chi connectivity index (χ1) is 11.7. The predicted molar refractivity (Wildman–Crippen MR) is 88.1 cm³/mol. The molecule has 0 aromatic carbocycles. The van der Waals surface area contributed by atoms with Gasteiger partial charge < -0.3 is 8.94 Å². The molecule has 0 amide bonds. The Morgan fingerprint density at radius 2 is 2.21 bits per heavy atom. The summed E-state index contributed by atoms with van der Waals surface area (Å²) in [6, 6.07) is 7.92. The molecule has 1 atom stereocenters. The molecule has 3 aromatic rings. The smallest absolute Gasteiger partial charge is 0.244 e. The van der Waals surface area contributed by atoms with Crippen LogP contribution in [0.15, 0.2) is 39.4 Å². The summed E-state index contributed by atoms with van der Waals surface area (Å²) < 4.78 is 11.3. The van der Waals surface area contributed by atoms with Gasteiger partial charge in [-0.05, 0) is 57.0 Å². The Kier molecular flexibility index (Phi) is 3.90. The van der Waals surface area contributed by atoms with Crippen LogP contribution in [-0.2, 0) is 6.54 Å². The summed E-state index contributed by atoms with van der Waals surface area (Å²) in [6.07, 6.45) is 3.86. The lowest BCUT2D eigenvalue weighted by Gasteiger charge is -2.19. The number of nitrogens with zero attached hydrogens (tertiary/aromatic N) is 4. The summed E-state index contributed by atoms with van der Waals surface area (Å²) in [5.74, 6) is 3.17. The van der Waals surface area contributed by atoms with Crippen molar-refractivity contribution >= 4 is 0 Å². The Bertz CT molecular complexity index is 805. The second kappa shape index (κ2) is 6.20. The zero-order valence-corrected chi connectivity index (χ0v) is 13.9. The van der Waals surface area contributed by atoms with Crippen LogP contribution in [0.5, 0.6) is 0 Å². The Balaban J connectivity index is 1.53. The highest BCUT2D eigenvalue weighted by Crippen LogP contribution is 2.33. The molecule has 3 aromatic heterocycles. The lowest BCUT2D eigenvalue weighted by molar-refractivity contribution is 0.188. The van der Waals surface area contributed by atoms with Crippen LogP contribution in [0.3, 0.4) is 0 Å². The van der Waals surface area contributed by atoms with E-state index >= 15 is 0 Å². The molecule has 4 rings (SSSR count). The van der Waals surface area contributed by atoms with Gasteiger partial charge in [-0.3, -0.25) is 9.88 Å². The van der Waals surface area contributed by atoms with Crippen LogP contribution < -0.4 is 0 Å². The molecule has 124 valence electrons. The van der Waals surface area contributed by atoms with Crippen molar-refractivity contribution in [3.05, 3.63) is 53.4 Å². The molecule has 1 aliphatic heterocycles. The fourth-order valence-corrected chi connectivity index (χ4v) is 3.19. The quantitative estimate of drug-likeness (QED) is 0.729. The van der Waals surface area contributed by atoms with Crippen LogP contribution >= 0.6 is 0 Å². The zero-order chi connectivity index (χ0) is 16.5. The molecule has 0 radical (unpaired) electrons. The van der Waals surface area contributed by atoms with Crippen LogP contribution in [0, 0.1) is 13.8 Å². The van der Waals surface area contributed by atoms with E-state index < -0.39 is 0 Å². The minimum atomic E-state index is 0.140. The molecule has 0 spiro atoms. The van der Waals surface area contributed by atoms with E-state index in [1.807, 2.05) is 25.1 Å². The van der Waals surface area contributed by atoms with Crippen molar-refractivity contribution in [2.24, 2.45) is 0 Å². The molecule has 0 N–H and O–H groups in total. The van der Waals surface area contributed by atoms with Crippen molar-refractivity contribution in [2.45, 2.75) is 39.3 Å². The van der Waals surface area contributed by atoms with E-state index in [0.29, 0.717) is 11.7 Å². The molecule has 24 heavy (non-hydrogen) atoms. The summed E-state index contributed by atoms with van der Waals surface area (Å²) in [5.41, 5.74) is 1.92. The molecule has 0 unspecified atom stereocenters. The van der Waals surface area contributed by atoms with Crippen molar-refractivity contribution in [2.75, 3.05) is 6.54 Å². The van der Waals surface area contributed by atoms with Gasteiger partial charge in [0.2, 0.25) is 11.7 Å². The van der Waals surface area contributed by atoms with Gasteiger partial charge in [0.15, 0.2) is 0 Å². The van der Waals surface area contributed by atoms with Gasteiger partial charge in [-0.15, -0.1) is 0 Å². The third kappa shape index (κ3) is 2.85. The van der Waals surface area contributed by atoms with E-state index in [1.54, 1.807) is 6.20 Å². The summed E-state index contributed by atoms with van der Waals surface area (Å²) in [6.45, 7) is 5.84. The molecule has 6 nitrogen and oxygen atoms in total. The second-order valence-corrected chi connectivity index (χ2v) is 6.25. The highest BCUT2D eigenvalue weighted by atomic mass is 16.5. The second-order valence-electron chi connectivity index (χ2n) is 6.25. The van der Waals surface area contributed by atoms with Crippen molar-refractivity contribution in [1.29, 1.82) is 0 Å². The zero-order valence-electron chi connectivity index (χ0n) is 13.9. The van der Waals surface area contributed by atoms with E-state index in [-0.39, 0.29) is 6.04 Å². The van der Waals surface area contributed by atoms with Gasteiger partial charge in [-0.25, -0.2) is 0 Å². The Morgan fingerprint density at radius 1 is 1.29 bits per heavy atom. The standard InChI is InChI=1S/C18H20N4O2/c1-12-10-14(23-13(12)2)11-22-9-5-7-16(22)18-20-17(21-24-18)15-6-3-4-8-19-15/h3-4,6,8,10,16H,5,7,9,11H2,1-2H3/t16-/m0/s1. The number of rotatable bonds is 4. The van der Waals surface area contributed by atoms with E-state index in [4.69, 9.17) is 8.94 Å². The van der Waals surface area contributed by atoms with Crippen molar-refractivity contribution < 1.29 is 8.94 Å². The van der Waals surface area contributed by atoms with Gasteiger partial charge >= 0.3 is 0 Å².